The van der Waals surface area contributed by atoms with Gasteiger partial charge in [0.25, 0.3) is 0 Å². The molecule has 0 aliphatic rings. The van der Waals surface area contributed by atoms with Gasteiger partial charge in [-0.25, -0.2) is 4.39 Å². The molecule has 1 amide bonds. The Labute approximate surface area is 95.2 Å². The van der Waals surface area contributed by atoms with E-state index in [0.717, 1.165) is 0 Å². The third-order valence-electron chi connectivity index (χ3n) is 1.98. The molecule has 0 aromatic heterocycles. The Balaban J connectivity index is 3.60. The minimum absolute atomic E-state index is 0.250. The summed E-state index contributed by atoms with van der Waals surface area (Å²) in [5.41, 5.74) is -0.718. The van der Waals surface area contributed by atoms with Gasteiger partial charge in [-0.3, -0.25) is 4.79 Å². The average Bonchev–Trinajstić information content (AvgIpc) is 2.13. The first kappa shape index (κ1) is 14.3. The number of rotatable bonds is 1. The predicted octanol–water partition coefficient (Wildman–Crippen LogP) is 2.96. The van der Waals surface area contributed by atoms with E-state index in [0.29, 0.717) is 0 Å². The molecular weight excluding hydrogens is 271 g/mol. The zero-order valence-corrected chi connectivity index (χ0v) is 8.29. The van der Waals surface area contributed by atoms with Crippen LogP contribution >= 0.6 is 0 Å². The number of amides is 1. The van der Waals surface area contributed by atoms with Gasteiger partial charge >= 0.3 is 12.4 Å². The van der Waals surface area contributed by atoms with E-state index in [1.54, 1.807) is 0 Å². The first-order valence-electron chi connectivity index (χ1n) is 4.22. The highest BCUT2D eigenvalue weighted by Crippen LogP contribution is 2.38. The molecule has 2 nitrogen and oxygen atoms in total. The Morgan fingerprint density at radius 1 is 0.944 bits per heavy atom. The van der Waals surface area contributed by atoms with Gasteiger partial charge < -0.3 is 5.73 Å². The Morgan fingerprint density at radius 2 is 1.39 bits per heavy atom. The van der Waals surface area contributed by atoms with Crippen molar-refractivity contribution in [2.45, 2.75) is 12.4 Å². The number of carbonyl (C=O) groups excluding carboxylic acids is 1. The van der Waals surface area contributed by atoms with Gasteiger partial charge in [0, 0.05) is 0 Å². The SMILES string of the molecule is NC(=O)c1cc(C(F)(F)F)c(F)cc1C(F)(F)F. The van der Waals surface area contributed by atoms with E-state index in [1.807, 2.05) is 0 Å². The maximum Gasteiger partial charge on any atom is 0.419 e. The van der Waals surface area contributed by atoms with E-state index in [-0.39, 0.29) is 6.07 Å². The van der Waals surface area contributed by atoms with Crippen LogP contribution in [0.4, 0.5) is 30.7 Å². The van der Waals surface area contributed by atoms with Gasteiger partial charge in [0.15, 0.2) is 0 Å². The summed E-state index contributed by atoms with van der Waals surface area (Å²) in [5.74, 6) is -3.85. The van der Waals surface area contributed by atoms with Gasteiger partial charge in [0.2, 0.25) is 5.91 Å². The lowest BCUT2D eigenvalue weighted by Crippen LogP contribution is -2.21. The lowest BCUT2D eigenvalue weighted by molar-refractivity contribution is -0.143. The highest BCUT2D eigenvalue weighted by atomic mass is 19.4. The summed E-state index contributed by atoms with van der Waals surface area (Å²) < 4.78 is 86.8. The zero-order chi connectivity index (χ0) is 14.3. The van der Waals surface area contributed by atoms with Crippen molar-refractivity contribution in [2.75, 3.05) is 0 Å². The fraction of sp³-hybridized carbons (Fsp3) is 0.222. The van der Waals surface area contributed by atoms with Crippen LogP contribution in [0.25, 0.3) is 0 Å². The summed E-state index contributed by atoms with van der Waals surface area (Å²) in [6, 6.07) is -0.649. The minimum Gasteiger partial charge on any atom is -0.366 e. The fourth-order valence-corrected chi connectivity index (χ4v) is 1.23. The van der Waals surface area contributed by atoms with Crippen molar-refractivity contribution in [2.24, 2.45) is 5.73 Å². The topological polar surface area (TPSA) is 43.1 Å². The number of nitrogens with two attached hydrogens (primary N) is 1. The van der Waals surface area contributed by atoms with E-state index in [2.05, 4.69) is 5.73 Å². The highest BCUT2D eigenvalue weighted by Gasteiger charge is 2.40. The average molecular weight is 275 g/mol. The molecule has 0 aliphatic heterocycles. The van der Waals surface area contributed by atoms with Gasteiger partial charge in [0.1, 0.15) is 5.82 Å². The van der Waals surface area contributed by atoms with E-state index in [9.17, 15) is 35.5 Å². The number of hydrogen-bond acceptors (Lipinski definition) is 1. The van der Waals surface area contributed by atoms with E-state index in [4.69, 9.17) is 0 Å². The van der Waals surface area contributed by atoms with Crippen LogP contribution in [0.5, 0.6) is 0 Å². The first-order valence-corrected chi connectivity index (χ1v) is 4.22. The summed E-state index contributed by atoms with van der Waals surface area (Å²) in [5, 5.41) is 0. The van der Waals surface area contributed by atoms with Crippen molar-refractivity contribution in [1.82, 2.24) is 0 Å². The summed E-state index contributed by atoms with van der Waals surface area (Å²) in [7, 11) is 0. The predicted molar refractivity (Wildman–Crippen MR) is 44.9 cm³/mol. The number of halogens is 7. The van der Waals surface area contributed by atoms with Crippen LogP contribution in [-0.2, 0) is 12.4 Å². The van der Waals surface area contributed by atoms with Crippen molar-refractivity contribution in [3.8, 4) is 0 Å². The molecule has 0 saturated heterocycles. The van der Waals surface area contributed by atoms with Crippen molar-refractivity contribution in [3.63, 3.8) is 0 Å². The molecule has 0 aliphatic carbocycles. The van der Waals surface area contributed by atoms with Crippen LogP contribution < -0.4 is 5.73 Å². The standard InChI is InChI=1S/C9H4F7NO/c10-6-2-4(8(11,12)13)3(7(17)18)1-5(6)9(14,15)16/h1-2H,(H2,17,18). The molecule has 9 heteroatoms. The van der Waals surface area contributed by atoms with Crippen molar-refractivity contribution in [1.29, 1.82) is 0 Å². The Hall–Kier alpha value is -1.80. The molecule has 0 fully saturated rings. The van der Waals surface area contributed by atoms with Crippen LogP contribution in [0.3, 0.4) is 0 Å². The van der Waals surface area contributed by atoms with Crippen LogP contribution in [0.2, 0.25) is 0 Å². The number of alkyl halides is 6. The second-order valence-electron chi connectivity index (χ2n) is 3.24. The second-order valence-corrected chi connectivity index (χ2v) is 3.24. The molecule has 0 atom stereocenters. The van der Waals surface area contributed by atoms with E-state index < -0.39 is 46.8 Å². The Bertz CT molecular complexity index is 489. The number of carbonyl (C=O) groups is 1. The van der Waals surface area contributed by atoms with Crippen LogP contribution in [0.1, 0.15) is 21.5 Å². The van der Waals surface area contributed by atoms with Gasteiger partial charge in [-0.15, -0.1) is 0 Å². The number of benzene rings is 1. The van der Waals surface area contributed by atoms with Crippen LogP contribution in [-0.4, -0.2) is 5.91 Å². The smallest absolute Gasteiger partial charge is 0.366 e. The molecule has 1 aromatic carbocycles. The van der Waals surface area contributed by atoms with Crippen molar-refractivity contribution >= 4 is 5.91 Å². The van der Waals surface area contributed by atoms with Gasteiger partial charge in [-0.2, -0.15) is 26.3 Å². The third kappa shape index (κ3) is 2.71. The normalized spacial score (nSPS) is 12.6. The summed E-state index contributed by atoms with van der Waals surface area (Å²) in [6.07, 6.45) is -10.4. The molecule has 0 bridgehead atoms. The summed E-state index contributed by atoms with van der Waals surface area (Å²) in [6.45, 7) is 0. The maximum atomic E-state index is 12.9. The molecule has 2 N–H and O–H groups in total. The molecule has 100 valence electrons. The van der Waals surface area contributed by atoms with E-state index in [1.165, 1.54) is 0 Å². The van der Waals surface area contributed by atoms with Crippen molar-refractivity contribution < 1.29 is 35.5 Å². The molecule has 0 radical (unpaired) electrons. The quantitative estimate of drug-likeness (QED) is 0.787. The summed E-state index contributed by atoms with van der Waals surface area (Å²) >= 11 is 0. The first-order chi connectivity index (χ1) is 7.94. The lowest BCUT2D eigenvalue weighted by Gasteiger charge is -2.14. The highest BCUT2D eigenvalue weighted by molar-refractivity contribution is 5.94. The molecule has 0 saturated carbocycles. The molecule has 18 heavy (non-hydrogen) atoms. The lowest BCUT2D eigenvalue weighted by atomic mass is 10.0. The molecule has 0 unspecified atom stereocenters. The van der Waals surface area contributed by atoms with Gasteiger partial charge in [-0.05, 0) is 12.1 Å². The molecule has 1 rings (SSSR count). The minimum atomic E-state index is -5.22. The zero-order valence-electron chi connectivity index (χ0n) is 8.29. The van der Waals surface area contributed by atoms with Crippen LogP contribution in [0, 0.1) is 5.82 Å². The Morgan fingerprint density at radius 3 is 1.72 bits per heavy atom. The van der Waals surface area contributed by atoms with Gasteiger partial charge in [-0.1, -0.05) is 0 Å². The van der Waals surface area contributed by atoms with E-state index >= 15 is 0 Å². The fourth-order valence-electron chi connectivity index (χ4n) is 1.23. The second kappa shape index (κ2) is 4.14. The summed E-state index contributed by atoms with van der Waals surface area (Å²) in [4.78, 5) is 10.7. The maximum absolute atomic E-state index is 12.9. The monoisotopic (exact) mass is 275 g/mol. The molecular formula is C9H4F7NO. The molecule has 1 aromatic rings. The molecule has 0 heterocycles. The largest absolute Gasteiger partial charge is 0.419 e. The third-order valence-corrected chi connectivity index (χ3v) is 1.98. The molecule has 0 spiro atoms. The number of hydrogen-bond donors (Lipinski definition) is 1. The number of primary amides is 1. The van der Waals surface area contributed by atoms with Crippen LogP contribution in [0.15, 0.2) is 12.1 Å². The Kier molecular flexibility index (Phi) is 3.28. The van der Waals surface area contributed by atoms with Gasteiger partial charge in [0.05, 0.1) is 16.7 Å². The van der Waals surface area contributed by atoms with Crippen molar-refractivity contribution in [3.05, 3.63) is 34.6 Å².